The highest BCUT2D eigenvalue weighted by atomic mass is 16.3. The van der Waals surface area contributed by atoms with E-state index in [-0.39, 0.29) is 0 Å². The molecule has 1 saturated carbocycles. The van der Waals surface area contributed by atoms with E-state index < -0.39 is 0 Å². The van der Waals surface area contributed by atoms with Crippen molar-refractivity contribution in [2.45, 2.75) is 33.1 Å². The predicted molar refractivity (Wildman–Crippen MR) is 51.2 cm³/mol. The summed E-state index contributed by atoms with van der Waals surface area (Å²) in [5.74, 6) is 0. The molecule has 1 aliphatic carbocycles. The summed E-state index contributed by atoms with van der Waals surface area (Å²) in [4.78, 5) is 2.45. The minimum absolute atomic E-state index is 0.297. The fourth-order valence-electron chi connectivity index (χ4n) is 1.68. The van der Waals surface area contributed by atoms with Crippen LogP contribution in [0.1, 0.15) is 33.1 Å². The zero-order valence-corrected chi connectivity index (χ0v) is 8.34. The number of rotatable bonds is 6. The molecule has 0 unspecified atom stereocenters. The number of aliphatic hydroxyl groups is 1. The Bertz CT molecular complexity index is 132. The van der Waals surface area contributed by atoms with Gasteiger partial charge in [0.15, 0.2) is 0 Å². The molecule has 0 aromatic heterocycles. The lowest BCUT2D eigenvalue weighted by molar-refractivity contribution is 0.152. The largest absolute Gasteiger partial charge is 0.396 e. The third-order valence-corrected chi connectivity index (χ3v) is 2.84. The van der Waals surface area contributed by atoms with Gasteiger partial charge < -0.3 is 10.0 Å². The van der Waals surface area contributed by atoms with Crippen LogP contribution in [0.2, 0.25) is 0 Å². The van der Waals surface area contributed by atoms with E-state index in [0.29, 0.717) is 12.0 Å². The van der Waals surface area contributed by atoms with E-state index in [4.69, 9.17) is 5.11 Å². The minimum Gasteiger partial charge on any atom is -0.396 e. The van der Waals surface area contributed by atoms with Gasteiger partial charge in [-0.05, 0) is 32.4 Å². The molecule has 0 bridgehead atoms. The van der Waals surface area contributed by atoms with Crippen molar-refractivity contribution >= 4 is 0 Å². The van der Waals surface area contributed by atoms with Gasteiger partial charge in [-0.3, -0.25) is 0 Å². The summed E-state index contributed by atoms with van der Waals surface area (Å²) in [7, 11) is 0. The Morgan fingerprint density at radius 3 is 2.33 bits per heavy atom. The molecule has 0 aromatic carbocycles. The maximum Gasteiger partial charge on any atom is 0.0499 e. The first kappa shape index (κ1) is 10.0. The standard InChI is InChI=1S/C10H21NO/c1-3-7-11(4-2)8-10(9-12)5-6-10/h12H,3-9H2,1-2H3. The SMILES string of the molecule is CCCN(CC)CC1(CO)CC1. The van der Waals surface area contributed by atoms with Crippen LogP contribution < -0.4 is 0 Å². The Balaban J connectivity index is 2.26. The van der Waals surface area contributed by atoms with Crippen LogP contribution in [0.5, 0.6) is 0 Å². The topological polar surface area (TPSA) is 23.5 Å². The first-order chi connectivity index (χ1) is 5.76. The predicted octanol–water partition coefficient (Wildman–Crippen LogP) is 1.49. The minimum atomic E-state index is 0.297. The average molecular weight is 171 g/mol. The van der Waals surface area contributed by atoms with Gasteiger partial charge in [0, 0.05) is 18.6 Å². The van der Waals surface area contributed by atoms with Gasteiger partial charge in [-0.25, -0.2) is 0 Å². The number of hydrogen-bond donors (Lipinski definition) is 1. The zero-order chi connectivity index (χ0) is 9.03. The van der Waals surface area contributed by atoms with Crippen LogP contribution in [0.4, 0.5) is 0 Å². The van der Waals surface area contributed by atoms with Crippen molar-refractivity contribution in [3.63, 3.8) is 0 Å². The Labute approximate surface area is 75.6 Å². The summed E-state index contributed by atoms with van der Waals surface area (Å²) in [6.07, 6.45) is 3.67. The van der Waals surface area contributed by atoms with Crippen LogP contribution in [-0.4, -0.2) is 36.2 Å². The molecule has 1 aliphatic rings. The monoisotopic (exact) mass is 171 g/mol. The van der Waals surface area contributed by atoms with Crippen LogP contribution >= 0.6 is 0 Å². The summed E-state index contributed by atoms with van der Waals surface area (Å²) in [5, 5.41) is 9.14. The van der Waals surface area contributed by atoms with Crippen molar-refractivity contribution < 1.29 is 5.11 Å². The summed E-state index contributed by atoms with van der Waals surface area (Å²) < 4.78 is 0. The van der Waals surface area contributed by atoms with E-state index in [1.807, 2.05) is 0 Å². The third kappa shape index (κ3) is 2.46. The highest BCUT2D eigenvalue weighted by Gasteiger charge is 2.42. The first-order valence-corrected chi connectivity index (χ1v) is 5.09. The highest BCUT2D eigenvalue weighted by molar-refractivity contribution is 4.94. The van der Waals surface area contributed by atoms with Crippen LogP contribution in [0, 0.1) is 5.41 Å². The van der Waals surface area contributed by atoms with Gasteiger partial charge in [0.05, 0.1) is 0 Å². The maximum atomic E-state index is 9.14. The van der Waals surface area contributed by atoms with E-state index in [1.165, 1.54) is 25.8 Å². The molecule has 2 heteroatoms. The molecule has 2 nitrogen and oxygen atoms in total. The highest BCUT2D eigenvalue weighted by Crippen LogP contribution is 2.45. The van der Waals surface area contributed by atoms with E-state index in [9.17, 15) is 0 Å². The van der Waals surface area contributed by atoms with Crippen molar-refractivity contribution in [1.29, 1.82) is 0 Å². The van der Waals surface area contributed by atoms with E-state index in [0.717, 1.165) is 13.1 Å². The van der Waals surface area contributed by atoms with Gasteiger partial charge in [0.1, 0.15) is 0 Å². The van der Waals surface area contributed by atoms with Crippen LogP contribution in [-0.2, 0) is 0 Å². The van der Waals surface area contributed by atoms with Gasteiger partial charge in [0.2, 0.25) is 0 Å². The fourth-order valence-corrected chi connectivity index (χ4v) is 1.68. The Kier molecular flexibility index (Phi) is 3.53. The fraction of sp³-hybridized carbons (Fsp3) is 1.00. The van der Waals surface area contributed by atoms with E-state index >= 15 is 0 Å². The quantitative estimate of drug-likeness (QED) is 0.654. The van der Waals surface area contributed by atoms with E-state index in [2.05, 4.69) is 18.7 Å². The Hall–Kier alpha value is -0.0800. The first-order valence-electron chi connectivity index (χ1n) is 5.09. The van der Waals surface area contributed by atoms with Crippen LogP contribution in [0.3, 0.4) is 0 Å². The molecule has 0 spiro atoms. The van der Waals surface area contributed by atoms with Gasteiger partial charge in [-0.15, -0.1) is 0 Å². The number of nitrogens with zero attached hydrogens (tertiary/aromatic N) is 1. The lowest BCUT2D eigenvalue weighted by Gasteiger charge is -2.24. The molecule has 0 aliphatic heterocycles. The molecule has 1 fully saturated rings. The molecule has 0 heterocycles. The molecule has 0 radical (unpaired) electrons. The lowest BCUT2D eigenvalue weighted by atomic mass is 10.1. The van der Waals surface area contributed by atoms with Crippen molar-refractivity contribution in [2.24, 2.45) is 5.41 Å². The summed E-state index contributed by atoms with van der Waals surface area (Å²) >= 11 is 0. The molecular formula is C10H21NO. The van der Waals surface area contributed by atoms with Crippen LogP contribution in [0.15, 0.2) is 0 Å². The summed E-state index contributed by atoms with van der Waals surface area (Å²) in [6.45, 7) is 8.19. The molecule has 0 atom stereocenters. The smallest absolute Gasteiger partial charge is 0.0499 e. The number of aliphatic hydroxyl groups excluding tert-OH is 1. The lowest BCUT2D eigenvalue weighted by Crippen LogP contribution is -2.32. The van der Waals surface area contributed by atoms with Gasteiger partial charge in [0.25, 0.3) is 0 Å². The Morgan fingerprint density at radius 1 is 1.33 bits per heavy atom. The van der Waals surface area contributed by atoms with Crippen molar-refractivity contribution in [2.75, 3.05) is 26.2 Å². The summed E-state index contributed by atoms with van der Waals surface area (Å²) in [6, 6.07) is 0. The van der Waals surface area contributed by atoms with E-state index in [1.54, 1.807) is 0 Å². The second-order valence-corrected chi connectivity index (χ2v) is 4.03. The number of hydrogen-bond acceptors (Lipinski definition) is 2. The molecule has 72 valence electrons. The molecule has 0 saturated heterocycles. The zero-order valence-electron chi connectivity index (χ0n) is 8.34. The molecule has 1 rings (SSSR count). The van der Waals surface area contributed by atoms with Crippen molar-refractivity contribution in [1.82, 2.24) is 4.90 Å². The van der Waals surface area contributed by atoms with Gasteiger partial charge in [-0.1, -0.05) is 13.8 Å². The molecular weight excluding hydrogens is 150 g/mol. The molecule has 0 aromatic rings. The molecule has 1 N–H and O–H groups in total. The van der Waals surface area contributed by atoms with Crippen molar-refractivity contribution in [3.05, 3.63) is 0 Å². The second kappa shape index (κ2) is 4.24. The van der Waals surface area contributed by atoms with Gasteiger partial charge >= 0.3 is 0 Å². The van der Waals surface area contributed by atoms with Crippen molar-refractivity contribution in [3.8, 4) is 0 Å². The second-order valence-electron chi connectivity index (χ2n) is 4.03. The molecule has 12 heavy (non-hydrogen) atoms. The average Bonchev–Trinajstić information content (AvgIpc) is 2.85. The Morgan fingerprint density at radius 2 is 2.00 bits per heavy atom. The third-order valence-electron chi connectivity index (χ3n) is 2.84. The normalized spacial score (nSPS) is 20.0. The van der Waals surface area contributed by atoms with Gasteiger partial charge in [-0.2, -0.15) is 0 Å². The maximum absolute atomic E-state index is 9.14. The molecule has 0 amide bonds. The summed E-state index contributed by atoms with van der Waals surface area (Å²) in [5.41, 5.74) is 0.297. The van der Waals surface area contributed by atoms with Crippen LogP contribution in [0.25, 0.3) is 0 Å².